The summed E-state index contributed by atoms with van der Waals surface area (Å²) in [6, 6.07) is 6.76. The van der Waals surface area contributed by atoms with Crippen LogP contribution < -0.4 is 5.32 Å². The maximum absolute atomic E-state index is 12.8. The largest absolute Gasteiger partial charge is 0.340 e. The Hall–Kier alpha value is -2.13. The van der Waals surface area contributed by atoms with Crippen molar-refractivity contribution in [3.05, 3.63) is 42.4 Å². The van der Waals surface area contributed by atoms with E-state index in [2.05, 4.69) is 21.4 Å². The Labute approximate surface area is 106 Å². The SMILES string of the molecule is O=S(=O)(O)c1[c]ccc(Nc2cc(F)nc(F)n2)c1. The van der Waals surface area contributed by atoms with Crippen molar-refractivity contribution in [2.75, 3.05) is 5.32 Å². The minimum atomic E-state index is -4.41. The number of benzene rings is 1. The molecule has 1 heterocycles. The average Bonchev–Trinajstić information content (AvgIpc) is 2.26. The second-order valence-corrected chi connectivity index (χ2v) is 4.78. The van der Waals surface area contributed by atoms with Gasteiger partial charge >= 0.3 is 6.08 Å². The molecule has 0 unspecified atom stereocenters. The van der Waals surface area contributed by atoms with Gasteiger partial charge in [-0.3, -0.25) is 4.55 Å². The Morgan fingerprint density at radius 3 is 2.63 bits per heavy atom. The normalized spacial score (nSPS) is 11.3. The molecule has 99 valence electrons. The van der Waals surface area contributed by atoms with Crippen LogP contribution in [0.4, 0.5) is 20.3 Å². The first kappa shape index (κ1) is 13.3. The summed E-state index contributed by atoms with van der Waals surface area (Å²) in [7, 11) is -4.41. The Balaban J connectivity index is 2.33. The zero-order valence-electron chi connectivity index (χ0n) is 9.13. The van der Waals surface area contributed by atoms with E-state index < -0.39 is 27.0 Å². The van der Waals surface area contributed by atoms with Gasteiger partial charge in [0.05, 0.1) is 0 Å². The van der Waals surface area contributed by atoms with E-state index in [1.54, 1.807) is 0 Å². The summed E-state index contributed by atoms with van der Waals surface area (Å²) in [5.74, 6) is -1.27. The second-order valence-electron chi connectivity index (χ2n) is 3.39. The molecule has 0 aliphatic carbocycles. The smallest absolute Gasteiger partial charge is 0.313 e. The first-order chi connectivity index (χ1) is 8.84. The van der Waals surface area contributed by atoms with E-state index in [4.69, 9.17) is 4.55 Å². The number of rotatable bonds is 3. The van der Waals surface area contributed by atoms with Gasteiger partial charge in [0.2, 0.25) is 5.95 Å². The molecular weight excluding hydrogens is 280 g/mol. The molecule has 1 aromatic heterocycles. The van der Waals surface area contributed by atoms with Gasteiger partial charge in [0.25, 0.3) is 10.1 Å². The quantitative estimate of drug-likeness (QED) is 0.505. The van der Waals surface area contributed by atoms with Gasteiger partial charge in [-0.1, -0.05) is 6.07 Å². The van der Waals surface area contributed by atoms with Crippen molar-refractivity contribution in [3.63, 3.8) is 0 Å². The number of anilines is 2. The van der Waals surface area contributed by atoms with Crippen LogP contribution in [-0.2, 0) is 10.1 Å². The van der Waals surface area contributed by atoms with Crippen LogP contribution in [-0.4, -0.2) is 22.9 Å². The van der Waals surface area contributed by atoms with Crippen LogP contribution in [0.3, 0.4) is 0 Å². The highest BCUT2D eigenvalue weighted by Gasteiger charge is 2.11. The van der Waals surface area contributed by atoms with Crippen LogP contribution in [0.1, 0.15) is 0 Å². The Morgan fingerprint density at radius 2 is 2.00 bits per heavy atom. The summed E-state index contributed by atoms with van der Waals surface area (Å²) in [5.41, 5.74) is 0.156. The van der Waals surface area contributed by atoms with E-state index in [0.29, 0.717) is 0 Å². The first-order valence-corrected chi connectivity index (χ1v) is 6.25. The summed E-state index contributed by atoms with van der Waals surface area (Å²) in [5, 5.41) is 2.47. The molecule has 0 bridgehead atoms. The van der Waals surface area contributed by atoms with E-state index in [-0.39, 0.29) is 11.5 Å². The minimum absolute atomic E-state index is 0.156. The summed E-state index contributed by atoms with van der Waals surface area (Å²) in [6.45, 7) is 0. The number of aromatic nitrogens is 2. The molecule has 0 saturated carbocycles. The topological polar surface area (TPSA) is 92.2 Å². The van der Waals surface area contributed by atoms with Crippen LogP contribution in [0.5, 0.6) is 0 Å². The van der Waals surface area contributed by atoms with Gasteiger partial charge in [-0.15, -0.1) is 0 Å². The molecule has 0 aliphatic rings. The zero-order valence-corrected chi connectivity index (χ0v) is 9.95. The Morgan fingerprint density at radius 1 is 1.26 bits per heavy atom. The van der Waals surface area contributed by atoms with Crippen LogP contribution in [0, 0.1) is 18.1 Å². The third-order valence-corrected chi connectivity index (χ3v) is 2.78. The van der Waals surface area contributed by atoms with Crippen molar-refractivity contribution in [3.8, 4) is 0 Å². The summed E-state index contributed by atoms with van der Waals surface area (Å²) in [4.78, 5) is 5.60. The summed E-state index contributed by atoms with van der Waals surface area (Å²) < 4.78 is 56.2. The highest BCUT2D eigenvalue weighted by molar-refractivity contribution is 7.85. The predicted octanol–water partition coefficient (Wildman–Crippen LogP) is 1.55. The molecule has 2 aromatic rings. The number of halogens is 2. The molecule has 1 aromatic carbocycles. The van der Waals surface area contributed by atoms with Crippen molar-refractivity contribution < 1.29 is 21.8 Å². The van der Waals surface area contributed by atoms with Crippen LogP contribution >= 0.6 is 0 Å². The van der Waals surface area contributed by atoms with Gasteiger partial charge in [0, 0.05) is 17.8 Å². The third kappa shape index (κ3) is 3.42. The maximum Gasteiger partial charge on any atom is 0.313 e. The van der Waals surface area contributed by atoms with Gasteiger partial charge < -0.3 is 5.32 Å². The zero-order chi connectivity index (χ0) is 14.0. The Bertz CT molecular complexity index is 701. The number of nitrogens with one attached hydrogen (secondary N) is 1. The van der Waals surface area contributed by atoms with E-state index in [1.165, 1.54) is 12.1 Å². The molecule has 0 saturated heterocycles. The van der Waals surface area contributed by atoms with Gasteiger partial charge in [0.15, 0.2) is 0 Å². The van der Waals surface area contributed by atoms with Crippen molar-refractivity contribution >= 4 is 21.6 Å². The predicted molar refractivity (Wildman–Crippen MR) is 60.3 cm³/mol. The van der Waals surface area contributed by atoms with Crippen LogP contribution in [0.15, 0.2) is 29.2 Å². The Kier molecular flexibility index (Phi) is 3.40. The van der Waals surface area contributed by atoms with E-state index in [0.717, 1.165) is 12.1 Å². The van der Waals surface area contributed by atoms with Crippen molar-refractivity contribution in [2.45, 2.75) is 4.90 Å². The fraction of sp³-hybridized carbons (Fsp3) is 0. The maximum atomic E-state index is 12.8. The molecule has 9 heteroatoms. The van der Waals surface area contributed by atoms with E-state index in [9.17, 15) is 17.2 Å². The van der Waals surface area contributed by atoms with Crippen LogP contribution in [0.25, 0.3) is 0 Å². The van der Waals surface area contributed by atoms with E-state index in [1.807, 2.05) is 0 Å². The highest BCUT2D eigenvalue weighted by atomic mass is 32.2. The summed E-state index contributed by atoms with van der Waals surface area (Å²) >= 11 is 0. The standard InChI is InChI=1S/C10H6F2N3O3S/c11-8-5-9(15-10(12)14-8)13-6-2-1-3-7(4-6)19(16,17)18/h1-2,4-5H,(H,13,14,15)(H,16,17,18). The molecule has 0 aliphatic heterocycles. The van der Waals surface area contributed by atoms with Gasteiger partial charge in [-0.05, 0) is 12.1 Å². The molecule has 1 radical (unpaired) electrons. The van der Waals surface area contributed by atoms with Gasteiger partial charge in [0.1, 0.15) is 10.7 Å². The molecule has 2 N–H and O–H groups in total. The lowest BCUT2D eigenvalue weighted by Crippen LogP contribution is -2.02. The molecular formula is C10H6F2N3O3S. The highest BCUT2D eigenvalue weighted by Crippen LogP contribution is 2.18. The lowest BCUT2D eigenvalue weighted by molar-refractivity contribution is 0.482. The van der Waals surface area contributed by atoms with Gasteiger partial charge in [-0.25, -0.2) is 0 Å². The van der Waals surface area contributed by atoms with Gasteiger partial charge in [-0.2, -0.15) is 27.2 Å². The van der Waals surface area contributed by atoms with Crippen LogP contribution in [0.2, 0.25) is 0 Å². The molecule has 6 nitrogen and oxygen atoms in total. The minimum Gasteiger partial charge on any atom is -0.340 e. The first-order valence-electron chi connectivity index (χ1n) is 4.81. The number of hydrogen-bond acceptors (Lipinski definition) is 5. The number of nitrogens with zero attached hydrogens (tertiary/aromatic N) is 2. The fourth-order valence-electron chi connectivity index (χ4n) is 1.27. The lowest BCUT2D eigenvalue weighted by Gasteiger charge is -2.06. The van der Waals surface area contributed by atoms with Crippen molar-refractivity contribution in [2.24, 2.45) is 0 Å². The third-order valence-electron chi connectivity index (χ3n) is 1.99. The second kappa shape index (κ2) is 4.86. The molecule has 2 rings (SSSR count). The van der Waals surface area contributed by atoms with E-state index >= 15 is 0 Å². The summed E-state index contributed by atoms with van der Waals surface area (Å²) in [6.07, 6.45) is -1.26. The lowest BCUT2D eigenvalue weighted by atomic mass is 10.3. The van der Waals surface area contributed by atoms with Crippen molar-refractivity contribution in [1.82, 2.24) is 9.97 Å². The number of hydrogen-bond donors (Lipinski definition) is 2. The molecule has 0 amide bonds. The molecule has 0 fully saturated rings. The molecule has 0 spiro atoms. The molecule has 0 atom stereocenters. The molecule has 19 heavy (non-hydrogen) atoms. The average molecular weight is 286 g/mol. The monoisotopic (exact) mass is 286 g/mol. The van der Waals surface area contributed by atoms with Crippen molar-refractivity contribution in [1.29, 1.82) is 0 Å². The fourth-order valence-corrected chi connectivity index (χ4v) is 1.77.